The van der Waals surface area contributed by atoms with Gasteiger partial charge in [-0.05, 0) is 62.0 Å². The molecular formula is C17H20F4O. The quantitative estimate of drug-likeness (QED) is 0.750. The molecule has 5 heteroatoms. The Kier molecular flexibility index (Phi) is 3.12. The standard InChI is InChI=1S/C17H20F4O/c1-15(2,17(19,20)21)10-8-11(16(3)6-7-16)14(22)13(18)12(10)9-4-5-9/h8-9,22H,4-7H2,1-3H3. The van der Waals surface area contributed by atoms with Crippen LogP contribution < -0.4 is 0 Å². The molecule has 1 aromatic rings. The van der Waals surface area contributed by atoms with Gasteiger partial charge in [-0.25, -0.2) is 4.39 Å². The fraction of sp³-hybridized carbons (Fsp3) is 0.647. The molecule has 122 valence electrons. The molecule has 1 nitrogen and oxygen atoms in total. The van der Waals surface area contributed by atoms with Gasteiger partial charge in [0.05, 0.1) is 5.41 Å². The number of aromatic hydroxyl groups is 1. The summed E-state index contributed by atoms with van der Waals surface area (Å²) in [5, 5.41) is 10.2. The average Bonchev–Trinajstić information content (AvgIpc) is 3.27. The molecule has 1 N–H and O–H groups in total. The first-order chi connectivity index (χ1) is 9.99. The highest BCUT2D eigenvalue weighted by molar-refractivity contribution is 5.53. The van der Waals surface area contributed by atoms with Gasteiger partial charge in [0, 0.05) is 5.56 Å². The van der Waals surface area contributed by atoms with Crippen LogP contribution in [0.25, 0.3) is 0 Å². The van der Waals surface area contributed by atoms with E-state index in [0.717, 1.165) is 26.7 Å². The zero-order chi connectivity index (χ0) is 16.5. The highest BCUT2D eigenvalue weighted by atomic mass is 19.4. The summed E-state index contributed by atoms with van der Waals surface area (Å²) in [5.74, 6) is -1.51. The Bertz CT molecular complexity index is 623. The van der Waals surface area contributed by atoms with Gasteiger partial charge in [0.15, 0.2) is 11.6 Å². The lowest BCUT2D eigenvalue weighted by atomic mass is 9.77. The zero-order valence-electron chi connectivity index (χ0n) is 12.9. The van der Waals surface area contributed by atoms with Crippen LogP contribution in [-0.2, 0) is 10.8 Å². The van der Waals surface area contributed by atoms with Crippen molar-refractivity contribution in [2.45, 2.75) is 69.4 Å². The summed E-state index contributed by atoms with van der Waals surface area (Å²) in [6.07, 6.45) is -1.60. The Morgan fingerprint density at radius 1 is 1.18 bits per heavy atom. The van der Waals surface area contributed by atoms with Crippen molar-refractivity contribution in [3.05, 3.63) is 28.6 Å². The first-order valence-corrected chi connectivity index (χ1v) is 7.62. The van der Waals surface area contributed by atoms with Crippen molar-refractivity contribution in [2.24, 2.45) is 0 Å². The second-order valence-corrected chi connectivity index (χ2v) is 7.51. The molecule has 0 atom stereocenters. The van der Waals surface area contributed by atoms with Crippen molar-refractivity contribution in [3.8, 4) is 5.75 Å². The third-order valence-electron chi connectivity index (χ3n) is 5.30. The Morgan fingerprint density at radius 3 is 2.14 bits per heavy atom. The number of phenols is 1. The Hall–Kier alpha value is -1.26. The number of hydrogen-bond donors (Lipinski definition) is 1. The van der Waals surface area contributed by atoms with Crippen molar-refractivity contribution in [2.75, 3.05) is 0 Å². The topological polar surface area (TPSA) is 20.2 Å². The molecule has 0 aliphatic heterocycles. The molecule has 0 unspecified atom stereocenters. The van der Waals surface area contributed by atoms with Crippen LogP contribution in [0.3, 0.4) is 0 Å². The van der Waals surface area contributed by atoms with Gasteiger partial charge in [0.25, 0.3) is 0 Å². The molecule has 0 spiro atoms. The Morgan fingerprint density at radius 2 is 1.73 bits per heavy atom. The molecule has 2 fully saturated rings. The van der Waals surface area contributed by atoms with Gasteiger partial charge < -0.3 is 5.11 Å². The lowest BCUT2D eigenvalue weighted by molar-refractivity contribution is -0.180. The number of rotatable bonds is 3. The highest BCUT2D eigenvalue weighted by Gasteiger charge is 2.52. The molecular weight excluding hydrogens is 296 g/mol. The van der Waals surface area contributed by atoms with Gasteiger partial charge in [-0.3, -0.25) is 0 Å². The van der Waals surface area contributed by atoms with E-state index in [1.807, 2.05) is 6.92 Å². The maximum atomic E-state index is 14.7. The third-order valence-corrected chi connectivity index (χ3v) is 5.30. The SMILES string of the molecule is CC1(c2cc(C(C)(C)C(F)(F)F)c(C3CC3)c(F)c2O)CC1. The molecule has 0 bridgehead atoms. The molecule has 0 heterocycles. The van der Waals surface area contributed by atoms with E-state index in [-0.39, 0.29) is 17.0 Å². The Balaban J connectivity index is 2.25. The molecule has 2 saturated carbocycles. The van der Waals surface area contributed by atoms with Crippen LogP contribution in [0.5, 0.6) is 5.75 Å². The van der Waals surface area contributed by atoms with E-state index in [0.29, 0.717) is 18.4 Å². The average molecular weight is 316 g/mol. The summed E-state index contributed by atoms with van der Waals surface area (Å²) >= 11 is 0. The minimum absolute atomic E-state index is 0.0130. The van der Waals surface area contributed by atoms with Crippen molar-refractivity contribution >= 4 is 0 Å². The summed E-state index contributed by atoms with van der Waals surface area (Å²) in [6.45, 7) is 4.02. The van der Waals surface area contributed by atoms with Crippen molar-refractivity contribution in [1.29, 1.82) is 0 Å². The molecule has 2 aliphatic carbocycles. The van der Waals surface area contributed by atoms with Crippen LogP contribution in [0, 0.1) is 5.82 Å². The van der Waals surface area contributed by atoms with Crippen LogP contribution in [-0.4, -0.2) is 11.3 Å². The number of halogens is 4. The van der Waals surface area contributed by atoms with Gasteiger partial charge in [0.2, 0.25) is 0 Å². The first-order valence-electron chi connectivity index (χ1n) is 7.62. The van der Waals surface area contributed by atoms with E-state index in [4.69, 9.17) is 0 Å². The summed E-state index contributed by atoms with van der Waals surface area (Å²) in [7, 11) is 0. The van der Waals surface area contributed by atoms with E-state index >= 15 is 0 Å². The zero-order valence-corrected chi connectivity index (χ0v) is 12.9. The van der Waals surface area contributed by atoms with Crippen LogP contribution in [0.15, 0.2) is 6.07 Å². The summed E-state index contributed by atoms with van der Waals surface area (Å²) in [5.41, 5.74) is -2.17. The highest BCUT2D eigenvalue weighted by Crippen LogP contribution is 2.56. The monoisotopic (exact) mass is 316 g/mol. The Labute approximate surface area is 127 Å². The normalized spacial score (nSPS) is 21.0. The molecule has 22 heavy (non-hydrogen) atoms. The van der Waals surface area contributed by atoms with E-state index < -0.39 is 28.6 Å². The molecule has 2 aliphatic rings. The van der Waals surface area contributed by atoms with Gasteiger partial charge in [-0.2, -0.15) is 13.2 Å². The van der Waals surface area contributed by atoms with Crippen LogP contribution in [0.4, 0.5) is 17.6 Å². The second-order valence-electron chi connectivity index (χ2n) is 7.51. The number of phenolic OH excluding ortho intramolecular Hbond substituents is 1. The van der Waals surface area contributed by atoms with Gasteiger partial charge >= 0.3 is 6.18 Å². The fourth-order valence-electron chi connectivity index (χ4n) is 3.01. The number of benzene rings is 1. The third kappa shape index (κ3) is 2.20. The number of hydrogen-bond acceptors (Lipinski definition) is 1. The van der Waals surface area contributed by atoms with Crippen LogP contribution in [0.1, 0.15) is 69.1 Å². The fourth-order valence-corrected chi connectivity index (χ4v) is 3.01. The maximum absolute atomic E-state index is 14.7. The molecule has 0 amide bonds. The van der Waals surface area contributed by atoms with Crippen LogP contribution >= 0.6 is 0 Å². The van der Waals surface area contributed by atoms with Gasteiger partial charge in [-0.15, -0.1) is 0 Å². The maximum Gasteiger partial charge on any atom is 0.397 e. The van der Waals surface area contributed by atoms with Crippen molar-refractivity contribution in [3.63, 3.8) is 0 Å². The summed E-state index contributed by atoms with van der Waals surface area (Å²) < 4.78 is 55.1. The van der Waals surface area contributed by atoms with E-state index in [1.54, 1.807) is 0 Å². The van der Waals surface area contributed by atoms with E-state index in [1.165, 1.54) is 6.07 Å². The molecule has 0 aromatic heterocycles. The van der Waals surface area contributed by atoms with Gasteiger partial charge in [-0.1, -0.05) is 13.0 Å². The van der Waals surface area contributed by atoms with Crippen LogP contribution in [0.2, 0.25) is 0 Å². The lowest BCUT2D eigenvalue weighted by Crippen LogP contribution is -2.37. The first kappa shape index (κ1) is 15.6. The summed E-state index contributed by atoms with van der Waals surface area (Å²) in [4.78, 5) is 0. The lowest BCUT2D eigenvalue weighted by Gasteiger charge is -2.32. The minimum Gasteiger partial charge on any atom is -0.505 e. The van der Waals surface area contributed by atoms with E-state index in [2.05, 4.69) is 0 Å². The van der Waals surface area contributed by atoms with Crippen molar-refractivity contribution < 1.29 is 22.7 Å². The summed E-state index contributed by atoms with van der Waals surface area (Å²) in [6, 6.07) is 1.41. The molecule has 1 aromatic carbocycles. The molecule has 0 saturated heterocycles. The van der Waals surface area contributed by atoms with Gasteiger partial charge in [0.1, 0.15) is 0 Å². The second kappa shape index (κ2) is 4.39. The minimum atomic E-state index is -4.47. The molecule has 0 radical (unpaired) electrons. The largest absolute Gasteiger partial charge is 0.505 e. The number of alkyl halides is 3. The van der Waals surface area contributed by atoms with E-state index in [9.17, 15) is 22.7 Å². The smallest absolute Gasteiger partial charge is 0.397 e. The van der Waals surface area contributed by atoms with Crippen molar-refractivity contribution in [1.82, 2.24) is 0 Å². The molecule has 3 rings (SSSR count). The predicted molar refractivity (Wildman–Crippen MR) is 75.7 cm³/mol. The predicted octanol–water partition coefficient (Wildman–Crippen LogP) is 5.30.